The number of oxazole rings is 1. The van der Waals surface area contributed by atoms with Crippen molar-refractivity contribution in [1.82, 2.24) is 19.9 Å². The minimum absolute atomic E-state index is 0.278. The number of nitrogens with zero attached hydrogens (tertiary/aromatic N) is 2. The van der Waals surface area contributed by atoms with Gasteiger partial charge in [0.2, 0.25) is 5.89 Å². The highest BCUT2D eigenvalue weighted by Gasteiger charge is 2.11. The second-order valence-corrected chi connectivity index (χ2v) is 7.25. The Hall–Kier alpha value is -3.94. The third-order valence-corrected chi connectivity index (χ3v) is 5.07. The average Bonchev–Trinajstić information content (AvgIpc) is 3.23. The van der Waals surface area contributed by atoms with E-state index in [4.69, 9.17) is 4.42 Å². The molecule has 0 aliphatic rings. The molecule has 2 aromatic heterocycles. The van der Waals surface area contributed by atoms with E-state index in [1.807, 2.05) is 31.2 Å². The summed E-state index contributed by atoms with van der Waals surface area (Å²) in [5, 5.41) is 2.84. The van der Waals surface area contributed by atoms with Crippen LogP contribution in [0.25, 0.3) is 22.5 Å². The molecule has 0 aliphatic carbocycles. The molecule has 31 heavy (non-hydrogen) atoms. The van der Waals surface area contributed by atoms with E-state index >= 15 is 0 Å². The van der Waals surface area contributed by atoms with Crippen molar-refractivity contribution in [2.45, 2.75) is 26.8 Å². The molecule has 1 amide bonds. The smallest absolute Gasteiger partial charge is 0.316 e. The maximum atomic E-state index is 12.5. The Morgan fingerprint density at radius 2 is 1.94 bits per heavy atom. The van der Waals surface area contributed by atoms with Crippen molar-refractivity contribution in [2.75, 3.05) is 6.54 Å². The lowest BCUT2D eigenvalue weighted by molar-refractivity contribution is 0.0954. The first-order valence-electron chi connectivity index (χ1n) is 10.0. The maximum Gasteiger partial charge on any atom is 0.316 e. The van der Waals surface area contributed by atoms with E-state index in [1.165, 1.54) is 4.57 Å². The molecule has 0 atom stereocenters. The molecule has 4 aromatic rings. The molecule has 4 rings (SSSR count). The summed E-state index contributed by atoms with van der Waals surface area (Å²) in [7, 11) is 0. The van der Waals surface area contributed by atoms with Gasteiger partial charge in [-0.15, -0.1) is 0 Å². The Morgan fingerprint density at radius 1 is 1.16 bits per heavy atom. The number of aromatic amines is 1. The zero-order valence-electron chi connectivity index (χ0n) is 17.3. The van der Waals surface area contributed by atoms with Gasteiger partial charge in [-0.25, -0.2) is 4.98 Å². The van der Waals surface area contributed by atoms with Gasteiger partial charge in [-0.2, -0.15) is 0 Å². The summed E-state index contributed by atoms with van der Waals surface area (Å²) in [5.74, 6) is 0.265. The molecule has 0 radical (unpaired) electrons. The second-order valence-electron chi connectivity index (χ2n) is 7.25. The molecule has 158 valence electrons. The van der Waals surface area contributed by atoms with E-state index in [1.54, 1.807) is 31.4 Å². The predicted molar refractivity (Wildman–Crippen MR) is 117 cm³/mol. The van der Waals surface area contributed by atoms with Crippen LogP contribution in [0.4, 0.5) is 0 Å². The summed E-state index contributed by atoms with van der Waals surface area (Å²) in [6, 6.07) is 12.8. The Bertz CT molecular complexity index is 1360. The molecule has 8 heteroatoms. The highest BCUT2D eigenvalue weighted by molar-refractivity contribution is 5.97. The lowest BCUT2D eigenvalue weighted by atomic mass is 10.1. The van der Waals surface area contributed by atoms with Crippen molar-refractivity contribution in [1.29, 1.82) is 0 Å². The van der Waals surface area contributed by atoms with Crippen LogP contribution >= 0.6 is 0 Å². The zero-order chi connectivity index (χ0) is 22.0. The number of H-pyrrole nitrogens is 1. The summed E-state index contributed by atoms with van der Waals surface area (Å²) in [4.78, 5) is 43.3. The number of aromatic nitrogens is 3. The van der Waals surface area contributed by atoms with Crippen LogP contribution in [0.5, 0.6) is 0 Å². The van der Waals surface area contributed by atoms with E-state index < -0.39 is 11.1 Å². The van der Waals surface area contributed by atoms with Gasteiger partial charge in [0.15, 0.2) is 0 Å². The third-order valence-electron chi connectivity index (χ3n) is 5.07. The third kappa shape index (κ3) is 4.18. The van der Waals surface area contributed by atoms with Crippen LogP contribution in [-0.2, 0) is 13.0 Å². The molecule has 2 aromatic carbocycles. The molecule has 0 aliphatic heterocycles. The quantitative estimate of drug-likeness (QED) is 0.468. The van der Waals surface area contributed by atoms with Gasteiger partial charge in [-0.1, -0.05) is 17.7 Å². The largest absolute Gasteiger partial charge is 0.444 e. The topological polar surface area (TPSA) is 110 Å². The summed E-state index contributed by atoms with van der Waals surface area (Å²) in [6.07, 6.45) is 2.10. The average molecular weight is 418 g/mol. The first-order valence-corrected chi connectivity index (χ1v) is 10.0. The van der Waals surface area contributed by atoms with Crippen LogP contribution in [-0.4, -0.2) is 27.0 Å². The molecule has 0 saturated heterocycles. The van der Waals surface area contributed by atoms with E-state index in [0.717, 1.165) is 16.8 Å². The Balaban J connectivity index is 1.43. The monoisotopic (exact) mass is 418 g/mol. The summed E-state index contributed by atoms with van der Waals surface area (Å²) < 4.78 is 6.92. The molecule has 0 spiro atoms. The van der Waals surface area contributed by atoms with Gasteiger partial charge >= 0.3 is 11.1 Å². The van der Waals surface area contributed by atoms with E-state index in [-0.39, 0.29) is 5.91 Å². The van der Waals surface area contributed by atoms with Crippen molar-refractivity contribution < 1.29 is 9.21 Å². The van der Waals surface area contributed by atoms with Gasteiger partial charge in [0.05, 0.1) is 16.7 Å². The molecule has 2 N–H and O–H groups in total. The number of carbonyl (C=O) groups is 1. The number of nitrogens with one attached hydrogen (secondary N) is 2. The molecule has 0 unspecified atom stereocenters. The van der Waals surface area contributed by atoms with E-state index in [9.17, 15) is 14.4 Å². The van der Waals surface area contributed by atoms with Crippen molar-refractivity contribution in [2.24, 2.45) is 0 Å². The van der Waals surface area contributed by atoms with Crippen LogP contribution in [0.15, 0.2) is 62.7 Å². The van der Waals surface area contributed by atoms with Gasteiger partial charge in [0, 0.05) is 30.6 Å². The number of rotatable bonds is 6. The molecular formula is C23H22N4O4. The molecule has 0 fully saturated rings. The lowest BCUT2D eigenvalue weighted by Crippen LogP contribution is -2.36. The molecule has 8 nitrogen and oxygen atoms in total. The van der Waals surface area contributed by atoms with E-state index in [2.05, 4.69) is 15.3 Å². The van der Waals surface area contributed by atoms with Crippen LogP contribution in [0, 0.1) is 6.92 Å². The van der Waals surface area contributed by atoms with Crippen molar-refractivity contribution in [3.63, 3.8) is 0 Å². The number of benzene rings is 2. The van der Waals surface area contributed by atoms with Crippen molar-refractivity contribution in [3.8, 4) is 11.5 Å². The normalized spacial score (nSPS) is 11.0. The summed E-state index contributed by atoms with van der Waals surface area (Å²) in [6.45, 7) is 4.55. The first kappa shape index (κ1) is 20.3. The Labute approximate surface area is 177 Å². The van der Waals surface area contributed by atoms with Crippen LogP contribution < -0.4 is 16.4 Å². The second kappa shape index (κ2) is 8.43. The molecular weight excluding hydrogens is 396 g/mol. The van der Waals surface area contributed by atoms with Crippen LogP contribution in [0.2, 0.25) is 0 Å². The molecule has 0 bridgehead atoms. The minimum Gasteiger partial charge on any atom is -0.444 e. The first-order chi connectivity index (χ1) is 15.0. The number of amides is 1. The summed E-state index contributed by atoms with van der Waals surface area (Å²) in [5.41, 5.74) is 2.90. The van der Waals surface area contributed by atoms with Gasteiger partial charge in [0.25, 0.3) is 5.91 Å². The van der Waals surface area contributed by atoms with Gasteiger partial charge < -0.3 is 19.3 Å². The van der Waals surface area contributed by atoms with Gasteiger partial charge in [0.1, 0.15) is 6.26 Å². The number of hydrogen-bond acceptors (Lipinski definition) is 5. The number of aryl methyl sites for hydroxylation is 2. The fourth-order valence-electron chi connectivity index (χ4n) is 3.39. The van der Waals surface area contributed by atoms with Crippen molar-refractivity contribution >= 4 is 16.9 Å². The highest BCUT2D eigenvalue weighted by Crippen LogP contribution is 2.19. The van der Waals surface area contributed by atoms with Crippen LogP contribution in [0.3, 0.4) is 0 Å². The minimum atomic E-state index is -0.706. The van der Waals surface area contributed by atoms with Gasteiger partial charge in [-0.3, -0.25) is 14.4 Å². The number of carbonyl (C=O) groups excluding carboxylic acids is 1. The Kier molecular flexibility index (Phi) is 5.53. The SMILES string of the molecule is CCn1c(=O)c(=O)[nH]c2cc(C(=O)NCCc3coc(-c4ccc(C)cc4)n3)ccc21. The van der Waals surface area contributed by atoms with Gasteiger partial charge in [-0.05, 0) is 44.2 Å². The lowest BCUT2D eigenvalue weighted by Gasteiger charge is -2.09. The maximum absolute atomic E-state index is 12.5. The summed E-state index contributed by atoms with van der Waals surface area (Å²) >= 11 is 0. The standard InChI is InChI=1S/C23H22N4O4/c1-3-27-19-9-8-16(12-18(19)26-21(29)23(27)30)20(28)24-11-10-17-13-31-22(25-17)15-6-4-14(2)5-7-15/h4-9,12-13H,3,10-11H2,1-2H3,(H,24,28)(H,26,29). The predicted octanol–water partition coefficient (Wildman–Crippen LogP) is 2.65. The molecule has 0 saturated carbocycles. The Morgan fingerprint density at radius 3 is 2.68 bits per heavy atom. The highest BCUT2D eigenvalue weighted by atomic mass is 16.3. The fourth-order valence-corrected chi connectivity index (χ4v) is 3.39. The van der Waals surface area contributed by atoms with E-state index in [0.29, 0.717) is 42.0 Å². The number of hydrogen-bond donors (Lipinski definition) is 2. The van der Waals surface area contributed by atoms with Crippen molar-refractivity contribution in [3.05, 3.63) is 86.3 Å². The number of fused-ring (bicyclic) bond motifs is 1. The molecule has 2 heterocycles. The fraction of sp³-hybridized carbons (Fsp3) is 0.217. The zero-order valence-corrected chi connectivity index (χ0v) is 17.3. The van der Waals surface area contributed by atoms with Crippen LogP contribution in [0.1, 0.15) is 28.5 Å².